The lowest BCUT2D eigenvalue weighted by Crippen LogP contribution is -2.05. The largest absolute Gasteiger partial charge is 0.486 e. The van der Waals surface area contributed by atoms with E-state index in [-0.39, 0.29) is 0 Å². The molecule has 0 amide bonds. The monoisotopic (exact) mass is 379 g/mol. The molecular formula is C15H18ClN7OS. The molecule has 0 spiro atoms. The van der Waals surface area contributed by atoms with Crippen LogP contribution in [-0.2, 0) is 18.9 Å². The first kappa shape index (κ1) is 17.7. The molecule has 2 aromatic heterocycles. The van der Waals surface area contributed by atoms with Crippen LogP contribution in [0.3, 0.4) is 0 Å². The number of H-pyrrole nitrogens is 1. The summed E-state index contributed by atoms with van der Waals surface area (Å²) in [5.74, 6) is 2.82. The van der Waals surface area contributed by atoms with E-state index >= 15 is 0 Å². The molecule has 0 aliphatic heterocycles. The van der Waals surface area contributed by atoms with Gasteiger partial charge >= 0.3 is 0 Å². The van der Waals surface area contributed by atoms with Gasteiger partial charge in [-0.25, -0.2) is 9.67 Å². The zero-order valence-electron chi connectivity index (χ0n) is 13.7. The average Bonchev–Trinajstić information content (AvgIpc) is 3.26. The van der Waals surface area contributed by atoms with Gasteiger partial charge in [0.2, 0.25) is 5.16 Å². The van der Waals surface area contributed by atoms with Crippen LogP contribution in [0.1, 0.15) is 31.4 Å². The summed E-state index contributed by atoms with van der Waals surface area (Å²) in [4.78, 5) is 4.40. The fourth-order valence-electron chi connectivity index (χ4n) is 2.03. The Morgan fingerprint density at radius 2 is 2.12 bits per heavy atom. The molecule has 1 aromatic carbocycles. The summed E-state index contributed by atoms with van der Waals surface area (Å²) >= 11 is 7.33. The maximum absolute atomic E-state index is 5.85. The SMILES string of the molecule is CCCCn1nnnc1CSc1n[nH]c(COc2ccc(Cl)cc2)n1. The van der Waals surface area contributed by atoms with Gasteiger partial charge < -0.3 is 4.74 Å². The molecule has 3 aromatic rings. The van der Waals surface area contributed by atoms with E-state index in [9.17, 15) is 0 Å². The molecule has 25 heavy (non-hydrogen) atoms. The molecule has 8 nitrogen and oxygen atoms in total. The van der Waals surface area contributed by atoms with Crippen LogP contribution >= 0.6 is 23.4 Å². The number of rotatable bonds is 9. The molecule has 0 bridgehead atoms. The molecule has 10 heteroatoms. The summed E-state index contributed by atoms with van der Waals surface area (Å²) in [6, 6.07) is 7.18. The normalized spacial score (nSPS) is 11.0. The Kier molecular flexibility index (Phi) is 6.24. The number of nitrogens with one attached hydrogen (secondary N) is 1. The van der Waals surface area contributed by atoms with E-state index in [0.29, 0.717) is 28.4 Å². The number of benzene rings is 1. The smallest absolute Gasteiger partial charge is 0.208 e. The molecule has 0 unspecified atom stereocenters. The lowest BCUT2D eigenvalue weighted by atomic mass is 10.3. The van der Waals surface area contributed by atoms with Gasteiger partial charge in [0, 0.05) is 11.6 Å². The fourth-order valence-corrected chi connectivity index (χ4v) is 2.90. The minimum absolute atomic E-state index is 0.309. The number of hydrogen-bond acceptors (Lipinski definition) is 7. The lowest BCUT2D eigenvalue weighted by molar-refractivity contribution is 0.296. The summed E-state index contributed by atoms with van der Waals surface area (Å²) in [5.41, 5.74) is 0. The van der Waals surface area contributed by atoms with Crippen LogP contribution < -0.4 is 4.74 Å². The van der Waals surface area contributed by atoms with Crippen molar-refractivity contribution in [2.75, 3.05) is 0 Å². The minimum Gasteiger partial charge on any atom is -0.486 e. The van der Waals surface area contributed by atoms with Crippen molar-refractivity contribution in [3.05, 3.63) is 40.9 Å². The van der Waals surface area contributed by atoms with Gasteiger partial charge in [0.25, 0.3) is 0 Å². The molecule has 0 radical (unpaired) electrons. The lowest BCUT2D eigenvalue weighted by Gasteiger charge is -2.03. The number of ether oxygens (including phenoxy) is 1. The minimum atomic E-state index is 0.309. The van der Waals surface area contributed by atoms with E-state index in [2.05, 4.69) is 37.6 Å². The third-order valence-corrected chi connectivity index (χ3v) is 4.46. The van der Waals surface area contributed by atoms with Gasteiger partial charge in [0.15, 0.2) is 11.6 Å². The van der Waals surface area contributed by atoms with Crippen LogP contribution in [0.25, 0.3) is 0 Å². The maximum Gasteiger partial charge on any atom is 0.208 e. The highest BCUT2D eigenvalue weighted by Gasteiger charge is 2.10. The highest BCUT2D eigenvalue weighted by Crippen LogP contribution is 2.19. The maximum atomic E-state index is 5.85. The molecule has 1 N–H and O–H groups in total. The Hall–Kier alpha value is -2.13. The Morgan fingerprint density at radius 3 is 2.92 bits per heavy atom. The fraction of sp³-hybridized carbons (Fsp3) is 0.400. The second kappa shape index (κ2) is 8.82. The van der Waals surface area contributed by atoms with Crippen LogP contribution in [0.15, 0.2) is 29.4 Å². The third kappa shape index (κ3) is 5.17. The van der Waals surface area contributed by atoms with Gasteiger partial charge in [-0.05, 0) is 41.1 Å². The molecule has 132 valence electrons. The van der Waals surface area contributed by atoms with Crippen LogP contribution in [0.2, 0.25) is 5.02 Å². The molecule has 0 aliphatic carbocycles. The molecule has 3 rings (SSSR count). The summed E-state index contributed by atoms with van der Waals surface area (Å²) in [7, 11) is 0. The predicted molar refractivity (Wildman–Crippen MR) is 94.5 cm³/mol. The third-order valence-electron chi connectivity index (χ3n) is 3.36. The molecule has 0 saturated carbocycles. The van der Waals surface area contributed by atoms with Gasteiger partial charge in [0.05, 0.1) is 5.75 Å². The van der Waals surface area contributed by atoms with Gasteiger partial charge in [-0.3, -0.25) is 5.10 Å². The van der Waals surface area contributed by atoms with E-state index in [0.717, 1.165) is 31.0 Å². The van der Waals surface area contributed by atoms with E-state index in [1.165, 1.54) is 11.8 Å². The first-order chi connectivity index (χ1) is 12.2. The van der Waals surface area contributed by atoms with Crippen LogP contribution in [-0.4, -0.2) is 35.4 Å². The predicted octanol–water partition coefficient (Wildman–Crippen LogP) is 3.12. The summed E-state index contributed by atoms with van der Waals surface area (Å²) in [5, 5.41) is 20.2. The number of unbranched alkanes of at least 4 members (excludes halogenated alkanes) is 1. The molecular weight excluding hydrogens is 362 g/mol. The molecule has 0 saturated heterocycles. The van der Waals surface area contributed by atoms with Gasteiger partial charge in [-0.2, -0.15) is 0 Å². The number of aromatic amines is 1. The van der Waals surface area contributed by atoms with Crippen molar-refractivity contribution in [2.24, 2.45) is 0 Å². The summed E-state index contributed by atoms with van der Waals surface area (Å²) in [6.07, 6.45) is 2.15. The Labute approximate surface area is 154 Å². The van der Waals surface area contributed by atoms with Gasteiger partial charge in [-0.15, -0.1) is 10.2 Å². The first-order valence-electron chi connectivity index (χ1n) is 7.92. The van der Waals surface area contributed by atoms with E-state index < -0.39 is 0 Å². The molecule has 0 aliphatic rings. The number of thioether (sulfide) groups is 1. The number of aryl methyl sites for hydroxylation is 1. The summed E-state index contributed by atoms with van der Waals surface area (Å²) in [6.45, 7) is 3.27. The number of halogens is 1. The number of aromatic nitrogens is 7. The van der Waals surface area contributed by atoms with E-state index in [1.54, 1.807) is 12.1 Å². The zero-order valence-corrected chi connectivity index (χ0v) is 15.3. The topological polar surface area (TPSA) is 94.4 Å². The van der Waals surface area contributed by atoms with Crippen LogP contribution in [0.5, 0.6) is 5.75 Å². The Bertz CT molecular complexity index is 789. The Morgan fingerprint density at radius 1 is 1.28 bits per heavy atom. The van der Waals surface area contributed by atoms with Gasteiger partial charge in [0.1, 0.15) is 12.4 Å². The number of tetrazole rings is 1. The molecule has 2 heterocycles. The van der Waals surface area contributed by atoms with Crippen molar-refractivity contribution in [1.29, 1.82) is 0 Å². The van der Waals surface area contributed by atoms with Crippen molar-refractivity contribution in [2.45, 2.75) is 43.8 Å². The number of nitrogens with zero attached hydrogens (tertiary/aromatic N) is 6. The first-order valence-corrected chi connectivity index (χ1v) is 9.28. The number of hydrogen-bond donors (Lipinski definition) is 1. The average molecular weight is 380 g/mol. The van der Waals surface area contributed by atoms with Crippen molar-refractivity contribution in [3.63, 3.8) is 0 Å². The quantitative estimate of drug-likeness (QED) is 0.570. The van der Waals surface area contributed by atoms with Crippen LogP contribution in [0.4, 0.5) is 0 Å². The molecule has 0 fully saturated rings. The standard InChI is InChI=1S/C15H18ClN7OS/c1-2-3-8-23-14(19-21-22-23)10-25-15-17-13(18-20-15)9-24-12-6-4-11(16)5-7-12/h4-7H,2-3,8-10H2,1H3,(H,17,18,20). The second-order valence-electron chi connectivity index (χ2n) is 5.27. The van der Waals surface area contributed by atoms with Crippen molar-refractivity contribution in [3.8, 4) is 5.75 Å². The van der Waals surface area contributed by atoms with Gasteiger partial charge in [-0.1, -0.05) is 36.7 Å². The van der Waals surface area contributed by atoms with Crippen molar-refractivity contribution >= 4 is 23.4 Å². The Balaban J connectivity index is 1.50. The van der Waals surface area contributed by atoms with E-state index in [4.69, 9.17) is 16.3 Å². The van der Waals surface area contributed by atoms with Crippen molar-refractivity contribution < 1.29 is 4.74 Å². The second-order valence-corrected chi connectivity index (χ2v) is 6.65. The highest BCUT2D eigenvalue weighted by molar-refractivity contribution is 7.98. The van der Waals surface area contributed by atoms with E-state index in [1.807, 2.05) is 16.8 Å². The van der Waals surface area contributed by atoms with Crippen molar-refractivity contribution in [1.82, 2.24) is 35.4 Å². The zero-order chi connectivity index (χ0) is 17.5. The highest BCUT2D eigenvalue weighted by atomic mass is 35.5. The summed E-state index contributed by atoms with van der Waals surface area (Å²) < 4.78 is 7.46. The molecule has 0 atom stereocenters. The van der Waals surface area contributed by atoms with Crippen LogP contribution in [0, 0.1) is 0 Å².